The molecule has 3 nitrogen and oxygen atoms in total. The van der Waals surface area contributed by atoms with Crippen molar-refractivity contribution < 1.29 is 0 Å². The molecule has 3 rings (SSSR count). The Kier molecular flexibility index (Phi) is 4.02. The third kappa shape index (κ3) is 2.84. The van der Waals surface area contributed by atoms with E-state index in [0.717, 1.165) is 42.9 Å². The summed E-state index contributed by atoms with van der Waals surface area (Å²) in [7, 11) is 0. The van der Waals surface area contributed by atoms with E-state index in [2.05, 4.69) is 38.1 Å². The van der Waals surface area contributed by atoms with Gasteiger partial charge in [0, 0.05) is 17.3 Å². The van der Waals surface area contributed by atoms with Crippen LogP contribution in [-0.4, -0.2) is 16.5 Å². The van der Waals surface area contributed by atoms with Gasteiger partial charge in [0.1, 0.15) is 5.82 Å². The van der Waals surface area contributed by atoms with E-state index in [0.29, 0.717) is 12.5 Å². The van der Waals surface area contributed by atoms with Gasteiger partial charge in [0.2, 0.25) is 0 Å². The Morgan fingerprint density at radius 1 is 1.10 bits per heavy atom. The van der Waals surface area contributed by atoms with Gasteiger partial charge >= 0.3 is 0 Å². The minimum absolute atomic E-state index is 0.448. The lowest BCUT2D eigenvalue weighted by Crippen LogP contribution is -2.18. The summed E-state index contributed by atoms with van der Waals surface area (Å²) in [6, 6.07) is 8.74. The van der Waals surface area contributed by atoms with Gasteiger partial charge in [0.05, 0.1) is 0 Å². The standard InChI is InChI=1S/C18H23N3/c1-12-17(9-10-19)13(2)21-18(20-12)16-8-7-14-5-3-4-6-15(14)11-16/h3-6,16H,7-11,19H2,1-2H3. The van der Waals surface area contributed by atoms with Crippen molar-refractivity contribution in [3.8, 4) is 0 Å². The molecule has 3 heteroatoms. The third-order valence-electron chi connectivity index (χ3n) is 4.54. The fourth-order valence-corrected chi connectivity index (χ4v) is 3.37. The molecule has 1 aliphatic carbocycles. The van der Waals surface area contributed by atoms with Crippen molar-refractivity contribution in [2.75, 3.05) is 6.54 Å². The zero-order valence-corrected chi connectivity index (χ0v) is 12.9. The van der Waals surface area contributed by atoms with Crippen molar-refractivity contribution in [1.82, 2.24) is 9.97 Å². The van der Waals surface area contributed by atoms with E-state index < -0.39 is 0 Å². The largest absolute Gasteiger partial charge is 0.330 e. The molecule has 21 heavy (non-hydrogen) atoms. The second-order valence-corrected chi connectivity index (χ2v) is 5.98. The normalized spacial score (nSPS) is 17.6. The van der Waals surface area contributed by atoms with Gasteiger partial charge in [-0.05, 0) is 62.8 Å². The van der Waals surface area contributed by atoms with Crippen molar-refractivity contribution in [3.63, 3.8) is 0 Å². The van der Waals surface area contributed by atoms with E-state index in [1.165, 1.54) is 16.7 Å². The first kappa shape index (κ1) is 14.2. The number of rotatable bonds is 3. The average molecular weight is 281 g/mol. The number of hydrogen-bond donors (Lipinski definition) is 1. The molecule has 110 valence electrons. The molecule has 1 atom stereocenters. The summed E-state index contributed by atoms with van der Waals surface area (Å²) in [6.45, 7) is 4.82. The highest BCUT2D eigenvalue weighted by Crippen LogP contribution is 2.31. The summed E-state index contributed by atoms with van der Waals surface area (Å²) in [5.41, 5.74) is 12.0. The van der Waals surface area contributed by atoms with Gasteiger partial charge in [-0.2, -0.15) is 0 Å². The molecule has 0 bridgehead atoms. The van der Waals surface area contributed by atoms with Gasteiger partial charge in [-0.25, -0.2) is 9.97 Å². The number of benzene rings is 1. The monoisotopic (exact) mass is 281 g/mol. The molecule has 0 spiro atoms. The maximum Gasteiger partial charge on any atom is 0.132 e. The topological polar surface area (TPSA) is 51.8 Å². The first-order valence-corrected chi connectivity index (χ1v) is 7.80. The Bertz CT molecular complexity index is 626. The maximum absolute atomic E-state index is 5.68. The van der Waals surface area contributed by atoms with Crippen LogP contribution in [0.15, 0.2) is 24.3 Å². The minimum Gasteiger partial charge on any atom is -0.330 e. The van der Waals surface area contributed by atoms with Gasteiger partial charge < -0.3 is 5.73 Å². The van der Waals surface area contributed by atoms with Gasteiger partial charge in [-0.15, -0.1) is 0 Å². The van der Waals surface area contributed by atoms with Gasteiger partial charge in [0.25, 0.3) is 0 Å². The molecule has 2 N–H and O–H groups in total. The van der Waals surface area contributed by atoms with E-state index >= 15 is 0 Å². The second kappa shape index (κ2) is 5.94. The molecule has 0 saturated heterocycles. The van der Waals surface area contributed by atoms with E-state index in [1.807, 2.05) is 0 Å². The van der Waals surface area contributed by atoms with Crippen molar-refractivity contribution in [3.05, 3.63) is 58.2 Å². The van der Waals surface area contributed by atoms with Crippen LogP contribution in [0.3, 0.4) is 0 Å². The zero-order valence-electron chi connectivity index (χ0n) is 12.9. The Labute approximate surface area is 126 Å². The molecule has 1 aliphatic rings. The highest BCUT2D eigenvalue weighted by molar-refractivity contribution is 5.32. The molecular formula is C18H23N3. The number of fused-ring (bicyclic) bond motifs is 1. The predicted octanol–water partition coefficient (Wildman–Crippen LogP) is 2.87. The number of aromatic nitrogens is 2. The molecule has 1 aromatic heterocycles. The van der Waals surface area contributed by atoms with E-state index in [1.54, 1.807) is 0 Å². The molecule has 1 aromatic carbocycles. The fraction of sp³-hybridized carbons (Fsp3) is 0.444. The van der Waals surface area contributed by atoms with Crippen LogP contribution >= 0.6 is 0 Å². The van der Waals surface area contributed by atoms with Crippen LogP contribution < -0.4 is 5.73 Å². The van der Waals surface area contributed by atoms with Crippen LogP contribution in [0.1, 0.15) is 46.2 Å². The van der Waals surface area contributed by atoms with Crippen LogP contribution in [0, 0.1) is 13.8 Å². The predicted molar refractivity (Wildman–Crippen MR) is 85.5 cm³/mol. The Hall–Kier alpha value is -1.74. The van der Waals surface area contributed by atoms with Gasteiger partial charge in [0.15, 0.2) is 0 Å². The smallest absolute Gasteiger partial charge is 0.132 e. The summed E-state index contributed by atoms with van der Waals surface area (Å²) in [5.74, 6) is 1.46. The Morgan fingerprint density at radius 3 is 2.43 bits per heavy atom. The van der Waals surface area contributed by atoms with Crippen molar-refractivity contribution >= 4 is 0 Å². The summed E-state index contributed by atoms with van der Waals surface area (Å²) in [5, 5.41) is 0. The van der Waals surface area contributed by atoms with E-state index in [-0.39, 0.29) is 0 Å². The van der Waals surface area contributed by atoms with Crippen LogP contribution in [0.25, 0.3) is 0 Å². The summed E-state index contributed by atoms with van der Waals surface area (Å²) < 4.78 is 0. The number of hydrogen-bond acceptors (Lipinski definition) is 3. The maximum atomic E-state index is 5.68. The van der Waals surface area contributed by atoms with E-state index in [4.69, 9.17) is 15.7 Å². The minimum atomic E-state index is 0.448. The summed E-state index contributed by atoms with van der Waals surface area (Å²) in [4.78, 5) is 9.57. The van der Waals surface area contributed by atoms with Crippen molar-refractivity contribution in [1.29, 1.82) is 0 Å². The van der Waals surface area contributed by atoms with E-state index in [9.17, 15) is 0 Å². The molecule has 0 amide bonds. The van der Waals surface area contributed by atoms with Crippen molar-refractivity contribution in [2.24, 2.45) is 5.73 Å². The molecule has 0 radical (unpaired) electrons. The Morgan fingerprint density at radius 2 is 1.76 bits per heavy atom. The lowest BCUT2D eigenvalue weighted by molar-refractivity contribution is 0.550. The van der Waals surface area contributed by atoms with Crippen molar-refractivity contribution in [2.45, 2.75) is 45.4 Å². The fourth-order valence-electron chi connectivity index (χ4n) is 3.37. The first-order valence-electron chi connectivity index (χ1n) is 7.80. The lowest BCUT2D eigenvalue weighted by Gasteiger charge is -2.24. The molecule has 0 saturated carbocycles. The molecule has 1 unspecified atom stereocenters. The third-order valence-corrected chi connectivity index (χ3v) is 4.54. The number of nitrogens with zero attached hydrogens (tertiary/aromatic N) is 2. The van der Waals surface area contributed by atoms with Gasteiger partial charge in [-0.3, -0.25) is 0 Å². The number of nitrogens with two attached hydrogens (primary N) is 1. The van der Waals surface area contributed by atoms with Crippen LogP contribution in [0.4, 0.5) is 0 Å². The van der Waals surface area contributed by atoms with Crippen LogP contribution in [0.2, 0.25) is 0 Å². The second-order valence-electron chi connectivity index (χ2n) is 5.98. The zero-order chi connectivity index (χ0) is 14.8. The number of aryl methyl sites for hydroxylation is 3. The molecule has 2 aromatic rings. The highest BCUT2D eigenvalue weighted by Gasteiger charge is 2.23. The Balaban J connectivity index is 1.89. The summed E-state index contributed by atoms with van der Waals surface area (Å²) >= 11 is 0. The molecule has 1 heterocycles. The quantitative estimate of drug-likeness (QED) is 0.941. The van der Waals surface area contributed by atoms with Crippen LogP contribution in [-0.2, 0) is 19.3 Å². The van der Waals surface area contributed by atoms with Gasteiger partial charge in [-0.1, -0.05) is 24.3 Å². The first-order chi connectivity index (χ1) is 10.2. The highest BCUT2D eigenvalue weighted by atomic mass is 14.9. The molecule has 0 aliphatic heterocycles. The molecular weight excluding hydrogens is 258 g/mol. The lowest BCUT2D eigenvalue weighted by atomic mass is 9.83. The molecule has 0 fully saturated rings. The van der Waals surface area contributed by atoms with Crippen LogP contribution in [0.5, 0.6) is 0 Å². The average Bonchev–Trinajstić information content (AvgIpc) is 2.50. The SMILES string of the molecule is Cc1nc(C2CCc3ccccc3C2)nc(C)c1CCN. The summed E-state index contributed by atoms with van der Waals surface area (Å²) in [6.07, 6.45) is 4.20.